The topological polar surface area (TPSA) is 55.6 Å². The Kier molecular flexibility index (Phi) is 6.83. The van der Waals surface area contributed by atoms with E-state index in [4.69, 9.17) is 9.15 Å². The van der Waals surface area contributed by atoms with Crippen molar-refractivity contribution in [3.05, 3.63) is 35.5 Å². The van der Waals surface area contributed by atoms with E-state index in [0.29, 0.717) is 24.0 Å². The van der Waals surface area contributed by atoms with Crippen molar-refractivity contribution in [1.82, 2.24) is 9.88 Å². The molecule has 5 heteroatoms. The summed E-state index contributed by atoms with van der Waals surface area (Å²) in [7, 11) is 0. The summed E-state index contributed by atoms with van der Waals surface area (Å²) in [5.41, 5.74) is 3.55. The first-order valence-corrected chi connectivity index (χ1v) is 9.31. The lowest BCUT2D eigenvalue weighted by Crippen LogP contribution is -2.35. The highest BCUT2D eigenvalue weighted by molar-refractivity contribution is 5.79. The lowest BCUT2D eigenvalue weighted by atomic mass is 10.0. The number of rotatable bonds is 8. The first-order chi connectivity index (χ1) is 12.3. The minimum Gasteiger partial charge on any atom is -0.440 e. The number of amides is 1. The summed E-state index contributed by atoms with van der Waals surface area (Å²) in [5.74, 6) is 0.772. The molecule has 1 aromatic carbocycles. The van der Waals surface area contributed by atoms with Gasteiger partial charge in [-0.25, -0.2) is 0 Å². The van der Waals surface area contributed by atoms with Gasteiger partial charge in [0.05, 0.1) is 0 Å². The van der Waals surface area contributed by atoms with Crippen LogP contribution in [0.25, 0.3) is 11.1 Å². The molecular weight excluding hydrogens is 328 g/mol. The molecule has 0 aliphatic heterocycles. The van der Waals surface area contributed by atoms with Crippen molar-refractivity contribution < 1.29 is 13.9 Å². The molecular formula is C21H30N2O3. The molecule has 2 aromatic rings. The van der Waals surface area contributed by atoms with E-state index in [1.165, 1.54) is 0 Å². The maximum absolute atomic E-state index is 12.7. The Balaban J connectivity index is 2.09. The predicted octanol–water partition coefficient (Wildman–Crippen LogP) is 4.95. The van der Waals surface area contributed by atoms with Gasteiger partial charge in [-0.15, -0.1) is 0 Å². The second-order valence-electron chi connectivity index (χ2n) is 7.38. The van der Waals surface area contributed by atoms with Gasteiger partial charge in [0, 0.05) is 12.2 Å². The Morgan fingerprint density at radius 2 is 2.04 bits per heavy atom. The molecule has 1 aromatic heterocycles. The minimum absolute atomic E-state index is 0.0847. The number of nitrogens with zero attached hydrogens (tertiary/aromatic N) is 2. The fraction of sp³-hybridized carbons (Fsp3) is 0.524. The largest absolute Gasteiger partial charge is 0.440 e. The molecule has 0 spiro atoms. The van der Waals surface area contributed by atoms with Crippen LogP contribution in [0.1, 0.15) is 46.6 Å². The Bertz CT molecular complexity index is 775. The van der Waals surface area contributed by atoms with E-state index in [1.807, 2.05) is 32.0 Å². The molecule has 26 heavy (non-hydrogen) atoms. The van der Waals surface area contributed by atoms with Gasteiger partial charge < -0.3 is 14.1 Å². The van der Waals surface area contributed by atoms with Crippen LogP contribution in [-0.2, 0) is 4.79 Å². The average Bonchev–Trinajstić information content (AvgIpc) is 2.94. The third-order valence-corrected chi connectivity index (χ3v) is 3.95. The zero-order valence-electron chi connectivity index (χ0n) is 16.7. The Hall–Kier alpha value is -2.30. The number of fused-ring (bicyclic) bond motifs is 1. The molecule has 1 amide bonds. The highest BCUT2D eigenvalue weighted by Gasteiger charge is 2.19. The van der Waals surface area contributed by atoms with E-state index < -0.39 is 0 Å². The first-order valence-electron chi connectivity index (χ1n) is 9.31. The third kappa shape index (κ3) is 5.35. The number of carbonyl (C=O) groups is 1. The molecule has 0 unspecified atom stereocenters. The van der Waals surface area contributed by atoms with Crippen molar-refractivity contribution in [2.24, 2.45) is 11.8 Å². The smallest absolute Gasteiger partial charge is 0.395 e. The molecule has 0 N–H and O–H groups in total. The number of hydrogen-bond donors (Lipinski definition) is 0. The van der Waals surface area contributed by atoms with Crippen molar-refractivity contribution in [3.63, 3.8) is 0 Å². The zero-order chi connectivity index (χ0) is 19.3. The molecule has 142 valence electrons. The van der Waals surface area contributed by atoms with Crippen molar-refractivity contribution in [1.29, 1.82) is 0 Å². The van der Waals surface area contributed by atoms with Crippen molar-refractivity contribution >= 4 is 17.0 Å². The van der Waals surface area contributed by atoms with Crippen molar-refractivity contribution in [3.8, 4) is 6.08 Å². The molecule has 0 bridgehead atoms. The maximum Gasteiger partial charge on any atom is 0.395 e. The standard InChI is InChI=1S/C21H30N2O3/c1-7-23(17(10-14(2)3)11-15(4)5)20(24)13-25-21-22-18-12-16(6)8-9-19(18)26-21/h8-10,12,14-15H,7,11,13H2,1-6H3. The molecule has 0 aliphatic rings. The summed E-state index contributed by atoms with van der Waals surface area (Å²) in [5, 5.41) is 0. The van der Waals surface area contributed by atoms with Gasteiger partial charge in [-0.2, -0.15) is 4.98 Å². The predicted molar refractivity (Wildman–Crippen MR) is 104 cm³/mol. The van der Waals surface area contributed by atoms with Crippen molar-refractivity contribution in [2.75, 3.05) is 13.2 Å². The average molecular weight is 358 g/mol. The summed E-state index contributed by atoms with van der Waals surface area (Å²) >= 11 is 0. The van der Waals surface area contributed by atoms with Crippen LogP contribution >= 0.6 is 0 Å². The fourth-order valence-corrected chi connectivity index (χ4v) is 2.89. The normalized spacial score (nSPS) is 12.2. The quantitative estimate of drug-likeness (QED) is 0.670. The number of aryl methyl sites for hydroxylation is 1. The number of likely N-dealkylation sites (N-methyl/N-ethyl adjacent to an activating group) is 1. The number of carbonyl (C=O) groups excluding carboxylic acids is 1. The summed E-state index contributed by atoms with van der Waals surface area (Å²) in [6.07, 6.45) is 3.15. The lowest BCUT2D eigenvalue weighted by molar-refractivity contribution is -0.131. The van der Waals surface area contributed by atoms with E-state index in [0.717, 1.165) is 23.2 Å². The van der Waals surface area contributed by atoms with E-state index in [2.05, 4.69) is 38.8 Å². The Morgan fingerprint density at radius 1 is 1.31 bits per heavy atom. The van der Waals surface area contributed by atoms with E-state index in [1.54, 1.807) is 4.90 Å². The second kappa shape index (κ2) is 8.88. The number of allylic oxidation sites excluding steroid dienone is 2. The van der Waals surface area contributed by atoms with Gasteiger partial charge in [0.15, 0.2) is 12.2 Å². The van der Waals surface area contributed by atoms with E-state index in [-0.39, 0.29) is 18.6 Å². The van der Waals surface area contributed by atoms with Gasteiger partial charge in [0.25, 0.3) is 5.91 Å². The number of hydrogen-bond acceptors (Lipinski definition) is 4. The third-order valence-electron chi connectivity index (χ3n) is 3.95. The minimum atomic E-state index is -0.0901. The number of benzene rings is 1. The van der Waals surface area contributed by atoms with Crippen LogP contribution in [0.5, 0.6) is 6.08 Å². The Morgan fingerprint density at radius 3 is 2.65 bits per heavy atom. The molecule has 0 atom stereocenters. The Labute approximate surface area is 156 Å². The maximum atomic E-state index is 12.7. The number of aromatic nitrogens is 1. The van der Waals surface area contributed by atoms with Crippen LogP contribution in [0.3, 0.4) is 0 Å². The van der Waals surface area contributed by atoms with Crippen LogP contribution in [-0.4, -0.2) is 28.9 Å². The van der Waals surface area contributed by atoms with E-state index in [9.17, 15) is 4.79 Å². The monoisotopic (exact) mass is 358 g/mol. The van der Waals surface area contributed by atoms with Gasteiger partial charge in [-0.1, -0.05) is 39.8 Å². The SMILES string of the molecule is CCN(C(=O)COc1nc2cc(C)ccc2o1)C(=CC(C)C)CC(C)C. The van der Waals surface area contributed by atoms with E-state index >= 15 is 0 Å². The summed E-state index contributed by atoms with van der Waals surface area (Å²) in [6.45, 7) is 13.0. The second-order valence-corrected chi connectivity index (χ2v) is 7.38. The molecule has 0 saturated heterocycles. The molecule has 0 fully saturated rings. The lowest BCUT2D eigenvalue weighted by Gasteiger charge is -2.26. The molecule has 0 aliphatic carbocycles. The van der Waals surface area contributed by atoms with Crippen LogP contribution in [0, 0.1) is 18.8 Å². The van der Waals surface area contributed by atoms with Gasteiger partial charge in [-0.05, 0) is 49.8 Å². The van der Waals surface area contributed by atoms with Crippen molar-refractivity contribution in [2.45, 2.75) is 48.0 Å². The van der Waals surface area contributed by atoms with Gasteiger partial charge in [-0.3, -0.25) is 4.79 Å². The van der Waals surface area contributed by atoms with Crippen LogP contribution in [0.4, 0.5) is 0 Å². The van der Waals surface area contributed by atoms with Crippen LogP contribution in [0.2, 0.25) is 0 Å². The van der Waals surface area contributed by atoms with Gasteiger partial charge in [0.2, 0.25) is 0 Å². The number of ether oxygens (including phenoxy) is 1. The molecule has 2 rings (SSSR count). The summed E-state index contributed by atoms with van der Waals surface area (Å²) in [4.78, 5) is 18.8. The highest BCUT2D eigenvalue weighted by Crippen LogP contribution is 2.22. The first kappa shape index (κ1) is 20.0. The fourth-order valence-electron chi connectivity index (χ4n) is 2.89. The highest BCUT2D eigenvalue weighted by atomic mass is 16.6. The molecule has 0 saturated carbocycles. The number of oxazole rings is 1. The molecule has 0 radical (unpaired) electrons. The zero-order valence-corrected chi connectivity index (χ0v) is 16.7. The van der Waals surface area contributed by atoms with Gasteiger partial charge >= 0.3 is 6.08 Å². The van der Waals surface area contributed by atoms with Crippen LogP contribution < -0.4 is 4.74 Å². The molecule has 1 heterocycles. The summed E-state index contributed by atoms with van der Waals surface area (Å²) < 4.78 is 11.1. The molecule has 5 nitrogen and oxygen atoms in total. The summed E-state index contributed by atoms with van der Waals surface area (Å²) in [6, 6.07) is 5.74. The van der Waals surface area contributed by atoms with Gasteiger partial charge in [0.1, 0.15) is 5.52 Å². The van der Waals surface area contributed by atoms with Crippen LogP contribution in [0.15, 0.2) is 34.4 Å².